The quantitative estimate of drug-likeness (QED) is 0.850. The second-order valence-electron chi connectivity index (χ2n) is 6.09. The summed E-state index contributed by atoms with van der Waals surface area (Å²) < 4.78 is 9.82. The van der Waals surface area contributed by atoms with Gasteiger partial charge < -0.3 is 14.6 Å². The fourth-order valence-electron chi connectivity index (χ4n) is 4.08. The van der Waals surface area contributed by atoms with Crippen molar-refractivity contribution >= 4 is 11.9 Å². The Bertz CT molecular complexity index is 893. The van der Waals surface area contributed by atoms with Crippen LogP contribution in [0.25, 0.3) is 0 Å². The Morgan fingerprint density at radius 3 is 1.84 bits per heavy atom. The third-order valence-corrected chi connectivity index (χ3v) is 5.04. The van der Waals surface area contributed by atoms with Crippen molar-refractivity contribution < 1.29 is 24.2 Å². The summed E-state index contributed by atoms with van der Waals surface area (Å²) in [5.74, 6) is -1.87. The number of esters is 2. The maximum atomic E-state index is 12.6. The minimum atomic E-state index is -1.75. The summed E-state index contributed by atoms with van der Waals surface area (Å²) in [7, 11) is 2.49. The molecule has 0 aromatic heterocycles. The number of carbonyl (C=O) groups is 2. The van der Waals surface area contributed by atoms with E-state index in [9.17, 15) is 14.7 Å². The van der Waals surface area contributed by atoms with Crippen molar-refractivity contribution in [3.05, 3.63) is 81.9 Å². The van der Waals surface area contributed by atoms with E-state index < -0.39 is 23.5 Å². The molecule has 0 amide bonds. The molecule has 25 heavy (non-hydrogen) atoms. The number of hydrogen-bond donors (Lipinski definition) is 1. The van der Waals surface area contributed by atoms with Gasteiger partial charge in [-0.25, -0.2) is 9.59 Å². The van der Waals surface area contributed by atoms with E-state index in [1.165, 1.54) is 14.2 Å². The van der Waals surface area contributed by atoms with Crippen molar-refractivity contribution in [1.82, 2.24) is 0 Å². The molecule has 2 aromatic carbocycles. The van der Waals surface area contributed by atoms with Crippen LogP contribution >= 0.6 is 0 Å². The zero-order chi connectivity index (χ0) is 17.8. The number of aliphatic hydroxyl groups is 1. The molecule has 5 nitrogen and oxygen atoms in total. The van der Waals surface area contributed by atoms with Crippen molar-refractivity contribution in [3.63, 3.8) is 0 Å². The third-order valence-electron chi connectivity index (χ3n) is 5.04. The first-order valence-electron chi connectivity index (χ1n) is 7.88. The molecule has 0 saturated heterocycles. The Labute approximate surface area is 144 Å². The fraction of sp³-hybridized carbons (Fsp3) is 0.200. The van der Waals surface area contributed by atoms with Gasteiger partial charge in [-0.2, -0.15) is 0 Å². The van der Waals surface area contributed by atoms with Gasteiger partial charge in [0.1, 0.15) is 5.60 Å². The predicted octanol–water partition coefficient (Wildman–Crippen LogP) is 2.02. The van der Waals surface area contributed by atoms with Crippen LogP contribution in [0.15, 0.2) is 59.7 Å². The van der Waals surface area contributed by atoms with E-state index in [0.29, 0.717) is 11.1 Å². The van der Waals surface area contributed by atoms with Gasteiger partial charge in [-0.3, -0.25) is 0 Å². The van der Waals surface area contributed by atoms with E-state index in [0.717, 1.165) is 11.1 Å². The smallest absolute Gasteiger partial charge is 0.337 e. The first kappa shape index (κ1) is 15.6. The third kappa shape index (κ3) is 1.81. The molecule has 2 bridgehead atoms. The highest BCUT2D eigenvalue weighted by molar-refractivity contribution is 6.06. The van der Waals surface area contributed by atoms with Gasteiger partial charge in [0.15, 0.2) is 0 Å². The van der Waals surface area contributed by atoms with Crippen LogP contribution in [0.3, 0.4) is 0 Å². The van der Waals surface area contributed by atoms with Crippen LogP contribution in [0.4, 0.5) is 0 Å². The molecule has 5 heteroatoms. The molecule has 0 fully saturated rings. The van der Waals surface area contributed by atoms with Gasteiger partial charge in [0.05, 0.1) is 25.4 Å². The van der Waals surface area contributed by atoms with Gasteiger partial charge in [0.25, 0.3) is 0 Å². The number of hydrogen-bond acceptors (Lipinski definition) is 5. The molecular weight excluding hydrogens is 320 g/mol. The van der Waals surface area contributed by atoms with Crippen LogP contribution in [-0.2, 0) is 24.7 Å². The summed E-state index contributed by atoms with van der Waals surface area (Å²) >= 11 is 0. The number of ether oxygens (including phenoxy) is 2. The Morgan fingerprint density at radius 1 is 0.880 bits per heavy atom. The topological polar surface area (TPSA) is 72.8 Å². The molecule has 3 aliphatic carbocycles. The van der Waals surface area contributed by atoms with Crippen molar-refractivity contribution in [2.75, 3.05) is 14.2 Å². The zero-order valence-corrected chi connectivity index (χ0v) is 13.8. The second-order valence-corrected chi connectivity index (χ2v) is 6.09. The van der Waals surface area contributed by atoms with Crippen molar-refractivity contribution in [1.29, 1.82) is 0 Å². The molecule has 0 atom stereocenters. The van der Waals surface area contributed by atoms with Crippen LogP contribution in [0.5, 0.6) is 0 Å². The lowest BCUT2D eigenvalue weighted by molar-refractivity contribution is -0.142. The average Bonchev–Trinajstić information content (AvgIpc) is 2.66. The minimum absolute atomic E-state index is 0.0655. The molecule has 0 radical (unpaired) electrons. The molecule has 0 aliphatic heterocycles. The minimum Gasteiger partial charge on any atom is -0.466 e. The molecule has 0 saturated carbocycles. The van der Waals surface area contributed by atoms with Crippen LogP contribution in [0, 0.1) is 0 Å². The van der Waals surface area contributed by atoms with Crippen molar-refractivity contribution in [3.8, 4) is 0 Å². The summed E-state index contributed by atoms with van der Waals surface area (Å²) in [5, 5.41) is 11.7. The SMILES string of the molecule is COC(=O)C1=C(C(=O)OC)C2(O)c3ccccc3C1c1ccccc12. The summed E-state index contributed by atoms with van der Waals surface area (Å²) in [6.07, 6.45) is 0. The van der Waals surface area contributed by atoms with Crippen LogP contribution in [-0.4, -0.2) is 31.3 Å². The van der Waals surface area contributed by atoms with Gasteiger partial charge in [-0.1, -0.05) is 48.5 Å². The predicted molar refractivity (Wildman–Crippen MR) is 88.8 cm³/mol. The molecule has 1 N–H and O–H groups in total. The summed E-state index contributed by atoms with van der Waals surface area (Å²) in [6, 6.07) is 14.6. The van der Waals surface area contributed by atoms with E-state index in [1.807, 2.05) is 24.3 Å². The highest BCUT2D eigenvalue weighted by Crippen LogP contribution is 2.57. The molecule has 5 rings (SSSR count). The van der Waals surface area contributed by atoms with E-state index >= 15 is 0 Å². The van der Waals surface area contributed by atoms with Crippen LogP contribution in [0.2, 0.25) is 0 Å². The van der Waals surface area contributed by atoms with Gasteiger partial charge >= 0.3 is 11.9 Å². The Morgan fingerprint density at radius 2 is 1.36 bits per heavy atom. The summed E-state index contributed by atoms with van der Waals surface area (Å²) in [6.45, 7) is 0. The van der Waals surface area contributed by atoms with Crippen LogP contribution < -0.4 is 0 Å². The Balaban J connectivity index is 2.16. The lowest BCUT2D eigenvalue weighted by atomic mass is 9.58. The second kappa shape index (κ2) is 5.29. The van der Waals surface area contributed by atoms with E-state index in [1.54, 1.807) is 24.3 Å². The monoisotopic (exact) mass is 336 g/mol. The molecular formula is C20H16O5. The zero-order valence-electron chi connectivity index (χ0n) is 13.8. The number of methoxy groups -OCH3 is 2. The van der Waals surface area contributed by atoms with Gasteiger partial charge in [0, 0.05) is 5.92 Å². The normalized spacial score (nSPS) is 22.9. The van der Waals surface area contributed by atoms with Gasteiger partial charge in [0.2, 0.25) is 0 Å². The van der Waals surface area contributed by atoms with Crippen molar-refractivity contribution in [2.45, 2.75) is 11.5 Å². The summed E-state index contributed by atoms with van der Waals surface area (Å²) in [4.78, 5) is 25.1. The first-order valence-corrected chi connectivity index (χ1v) is 7.88. The number of rotatable bonds is 2. The first-order chi connectivity index (χ1) is 12.1. The maximum absolute atomic E-state index is 12.6. The standard InChI is InChI=1S/C20H16O5/c1-24-18(21)16-15-11-7-3-5-9-13(11)20(23,17(16)19(22)25-2)14-10-6-4-8-12(14)15/h3-10,15,23H,1-2H3. The highest BCUT2D eigenvalue weighted by Gasteiger charge is 2.56. The summed E-state index contributed by atoms with van der Waals surface area (Å²) in [5.41, 5.74) is 1.07. The molecule has 126 valence electrons. The lowest BCUT2D eigenvalue weighted by Crippen LogP contribution is -2.46. The molecule has 0 spiro atoms. The van der Waals surface area contributed by atoms with Gasteiger partial charge in [-0.15, -0.1) is 0 Å². The molecule has 2 aromatic rings. The highest BCUT2D eigenvalue weighted by atomic mass is 16.5. The largest absolute Gasteiger partial charge is 0.466 e. The Kier molecular flexibility index (Phi) is 3.30. The van der Waals surface area contributed by atoms with Crippen molar-refractivity contribution in [2.24, 2.45) is 0 Å². The van der Waals surface area contributed by atoms with E-state index in [2.05, 4.69) is 0 Å². The molecule has 0 heterocycles. The van der Waals surface area contributed by atoms with Gasteiger partial charge in [-0.05, 0) is 22.3 Å². The van der Waals surface area contributed by atoms with E-state index in [4.69, 9.17) is 9.47 Å². The molecule has 3 aliphatic rings. The fourth-order valence-corrected chi connectivity index (χ4v) is 4.08. The number of benzene rings is 2. The average molecular weight is 336 g/mol. The number of carbonyl (C=O) groups excluding carboxylic acids is 2. The maximum Gasteiger partial charge on any atom is 0.337 e. The van der Waals surface area contributed by atoms with Crippen LogP contribution in [0.1, 0.15) is 28.2 Å². The van der Waals surface area contributed by atoms with E-state index in [-0.39, 0.29) is 11.1 Å². The Hall–Kier alpha value is -2.92. The molecule has 0 unspecified atom stereocenters. The lowest BCUT2D eigenvalue weighted by Gasteiger charge is -2.46.